The van der Waals surface area contributed by atoms with Gasteiger partial charge in [0.25, 0.3) is 0 Å². The lowest BCUT2D eigenvalue weighted by Crippen LogP contribution is -2.23. The van der Waals surface area contributed by atoms with Crippen molar-refractivity contribution in [3.63, 3.8) is 0 Å². The van der Waals surface area contributed by atoms with E-state index in [0.717, 1.165) is 17.7 Å². The molecule has 0 unspecified atom stereocenters. The molecule has 1 aromatic heterocycles. The normalized spacial score (nSPS) is 17.3. The fourth-order valence-electron chi connectivity index (χ4n) is 2.30. The van der Waals surface area contributed by atoms with Gasteiger partial charge in [-0.2, -0.15) is 0 Å². The van der Waals surface area contributed by atoms with Gasteiger partial charge >= 0.3 is 0 Å². The van der Waals surface area contributed by atoms with E-state index in [9.17, 15) is 0 Å². The monoisotopic (exact) mass is 216 g/mol. The van der Waals surface area contributed by atoms with Crippen molar-refractivity contribution in [3.05, 3.63) is 23.8 Å². The van der Waals surface area contributed by atoms with Crippen molar-refractivity contribution in [1.82, 2.24) is 19.9 Å². The average Bonchev–Trinajstić information content (AvgIpc) is 2.89. The van der Waals surface area contributed by atoms with Gasteiger partial charge in [-0.05, 0) is 50.6 Å². The van der Waals surface area contributed by atoms with Crippen molar-refractivity contribution in [2.75, 3.05) is 13.1 Å². The van der Waals surface area contributed by atoms with Gasteiger partial charge in [0.05, 0.1) is 12.2 Å². The SMILES string of the molecule is Cc1ccc2c(c1)nnn2CN1CCCC1. The zero-order valence-corrected chi connectivity index (χ0v) is 9.56. The number of hydrogen-bond donors (Lipinski definition) is 0. The summed E-state index contributed by atoms with van der Waals surface area (Å²) in [6.07, 6.45) is 2.62. The molecule has 0 N–H and O–H groups in total. The van der Waals surface area contributed by atoms with Crippen LogP contribution in [-0.4, -0.2) is 33.0 Å². The van der Waals surface area contributed by atoms with Crippen LogP contribution < -0.4 is 0 Å². The summed E-state index contributed by atoms with van der Waals surface area (Å²) in [5.41, 5.74) is 3.37. The second-order valence-corrected chi connectivity index (χ2v) is 4.55. The summed E-state index contributed by atoms with van der Waals surface area (Å²) in [5.74, 6) is 0. The van der Waals surface area contributed by atoms with Gasteiger partial charge in [0, 0.05) is 0 Å². The first kappa shape index (κ1) is 9.78. The highest BCUT2D eigenvalue weighted by molar-refractivity contribution is 5.74. The molecular weight excluding hydrogens is 200 g/mol. The van der Waals surface area contributed by atoms with E-state index in [1.165, 1.54) is 31.5 Å². The van der Waals surface area contributed by atoms with Crippen LogP contribution in [0.4, 0.5) is 0 Å². The number of rotatable bonds is 2. The molecule has 1 aliphatic heterocycles. The van der Waals surface area contributed by atoms with E-state index in [1.54, 1.807) is 0 Å². The van der Waals surface area contributed by atoms with Gasteiger partial charge in [0.15, 0.2) is 0 Å². The number of hydrogen-bond acceptors (Lipinski definition) is 3. The minimum Gasteiger partial charge on any atom is -0.284 e. The number of aromatic nitrogens is 3. The van der Waals surface area contributed by atoms with Gasteiger partial charge in [-0.25, -0.2) is 4.68 Å². The zero-order valence-electron chi connectivity index (χ0n) is 9.56. The van der Waals surface area contributed by atoms with Gasteiger partial charge in [0.1, 0.15) is 5.52 Å². The molecule has 0 aliphatic carbocycles. The third-order valence-electron chi connectivity index (χ3n) is 3.20. The van der Waals surface area contributed by atoms with Crippen LogP contribution in [0.1, 0.15) is 18.4 Å². The first-order valence-electron chi connectivity index (χ1n) is 5.85. The lowest BCUT2D eigenvalue weighted by Gasteiger charge is -2.14. The van der Waals surface area contributed by atoms with E-state index in [-0.39, 0.29) is 0 Å². The maximum Gasteiger partial charge on any atom is 0.113 e. The second kappa shape index (κ2) is 3.87. The third kappa shape index (κ3) is 1.69. The second-order valence-electron chi connectivity index (χ2n) is 4.55. The number of nitrogens with zero attached hydrogens (tertiary/aromatic N) is 4. The Morgan fingerprint density at radius 3 is 2.88 bits per heavy atom. The molecule has 1 fully saturated rings. The molecule has 4 heteroatoms. The highest BCUT2D eigenvalue weighted by atomic mass is 15.5. The molecule has 0 amide bonds. The minimum absolute atomic E-state index is 0.875. The first-order valence-corrected chi connectivity index (χ1v) is 5.85. The molecule has 0 atom stereocenters. The molecule has 16 heavy (non-hydrogen) atoms. The van der Waals surface area contributed by atoms with Gasteiger partial charge in [-0.1, -0.05) is 11.3 Å². The first-order chi connectivity index (χ1) is 7.83. The molecule has 0 bridgehead atoms. The summed E-state index contributed by atoms with van der Waals surface area (Å²) in [6.45, 7) is 5.33. The number of benzene rings is 1. The maximum absolute atomic E-state index is 4.22. The average molecular weight is 216 g/mol. The van der Waals surface area contributed by atoms with Gasteiger partial charge in [-0.15, -0.1) is 5.10 Å². The van der Waals surface area contributed by atoms with Crippen molar-refractivity contribution in [2.24, 2.45) is 0 Å². The Morgan fingerprint density at radius 1 is 1.25 bits per heavy atom. The summed E-state index contributed by atoms with van der Waals surface area (Å²) in [7, 11) is 0. The minimum atomic E-state index is 0.875. The van der Waals surface area contributed by atoms with E-state index in [1.807, 2.05) is 4.68 Å². The number of aryl methyl sites for hydroxylation is 1. The van der Waals surface area contributed by atoms with E-state index in [4.69, 9.17) is 0 Å². The van der Waals surface area contributed by atoms with Crippen LogP contribution in [0.2, 0.25) is 0 Å². The van der Waals surface area contributed by atoms with E-state index >= 15 is 0 Å². The lowest BCUT2D eigenvalue weighted by atomic mass is 10.2. The van der Waals surface area contributed by atoms with Crippen LogP contribution in [-0.2, 0) is 6.67 Å². The topological polar surface area (TPSA) is 34.0 Å². The summed E-state index contributed by atoms with van der Waals surface area (Å²) in [6, 6.07) is 6.32. The molecule has 2 aromatic rings. The molecule has 3 rings (SSSR count). The van der Waals surface area contributed by atoms with Crippen molar-refractivity contribution < 1.29 is 0 Å². The highest BCUT2D eigenvalue weighted by Crippen LogP contribution is 2.15. The molecular formula is C12H16N4. The Balaban J connectivity index is 1.91. The molecule has 4 nitrogen and oxygen atoms in total. The van der Waals surface area contributed by atoms with Crippen LogP contribution in [0.5, 0.6) is 0 Å². The molecule has 1 aliphatic rings. The standard InChI is InChI=1S/C12H16N4/c1-10-4-5-12-11(8-10)13-14-16(12)9-15-6-2-3-7-15/h4-5,8H,2-3,6-7,9H2,1H3. The predicted molar refractivity (Wildman–Crippen MR) is 63.1 cm³/mol. The van der Waals surface area contributed by atoms with Gasteiger partial charge < -0.3 is 0 Å². The fourth-order valence-corrected chi connectivity index (χ4v) is 2.30. The molecule has 1 aromatic carbocycles. The van der Waals surface area contributed by atoms with Crippen LogP contribution in [0, 0.1) is 6.92 Å². The Morgan fingerprint density at radius 2 is 2.06 bits per heavy atom. The number of fused-ring (bicyclic) bond motifs is 1. The summed E-state index contributed by atoms with van der Waals surface area (Å²) in [5, 5.41) is 8.43. The number of likely N-dealkylation sites (tertiary alicyclic amines) is 1. The largest absolute Gasteiger partial charge is 0.284 e. The highest BCUT2D eigenvalue weighted by Gasteiger charge is 2.13. The lowest BCUT2D eigenvalue weighted by molar-refractivity contribution is 0.257. The van der Waals surface area contributed by atoms with Crippen molar-refractivity contribution in [1.29, 1.82) is 0 Å². The van der Waals surface area contributed by atoms with E-state index in [0.29, 0.717) is 0 Å². The molecule has 0 radical (unpaired) electrons. The van der Waals surface area contributed by atoms with Gasteiger partial charge in [-0.3, -0.25) is 4.90 Å². The quantitative estimate of drug-likeness (QED) is 0.767. The Kier molecular flexibility index (Phi) is 2.36. The fraction of sp³-hybridized carbons (Fsp3) is 0.500. The van der Waals surface area contributed by atoms with Gasteiger partial charge in [0.2, 0.25) is 0 Å². The Bertz CT molecular complexity index is 497. The summed E-state index contributed by atoms with van der Waals surface area (Å²) in [4.78, 5) is 2.42. The predicted octanol–water partition coefficient (Wildman–Crippen LogP) is 1.79. The molecule has 84 valence electrons. The van der Waals surface area contributed by atoms with E-state index in [2.05, 4.69) is 40.3 Å². The van der Waals surface area contributed by atoms with Crippen LogP contribution >= 0.6 is 0 Å². The Labute approximate surface area is 94.9 Å². The van der Waals surface area contributed by atoms with E-state index < -0.39 is 0 Å². The zero-order chi connectivity index (χ0) is 11.0. The maximum atomic E-state index is 4.22. The smallest absolute Gasteiger partial charge is 0.113 e. The van der Waals surface area contributed by atoms with Crippen LogP contribution in [0.25, 0.3) is 11.0 Å². The molecule has 1 saturated heterocycles. The molecule has 0 spiro atoms. The van der Waals surface area contributed by atoms with Crippen molar-refractivity contribution >= 4 is 11.0 Å². The summed E-state index contributed by atoms with van der Waals surface area (Å²) < 4.78 is 2.00. The Hall–Kier alpha value is -1.42. The van der Waals surface area contributed by atoms with Crippen LogP contribution in [0.3, 0.4) is 0 Å². The molecule has 0 saturated carbocycles. The van der Waals surface area contributed by atoms with Crippen LogP contribution in [0.15, 0.2) is 18.2 Å². The van der Waals surface area contributed by atoms with Crippen molar-refractivity contribution in [2.45, 2.75) is 26.4 Å². The molecule has 2 heterocycles. The summed E-state index contributed by atoms with van der Waals surface area (Å²) >= 11 is 0. The van der Waals surface area contributed by atoms with Crippen molar-refractivity contribution in [3.8, 4) is 0 Å². The third-order valence-corrected chi connectivity index (χ3v) is 3.20.